The zero-order valence-electron chi connectivity index (χ0n) is 24.3. The Balaban J connectivity index is 1.59. The molecule has 9 nitrogen and oxygen atoms in total. The van der Waals surface area contributed by atoms with Gasteiger partial charge in [-0.1, -0.05) is 55.5 Å². The second-order valence-electron chi connectivity index (χ2n) is 10.3. The van der Waals surface area contributed by atoms with Crippen LogP contribution in [0.4, 0.5) is 0 Å². The van der Waals surface area contributed by atoms with Crippen LogP contribution in [0.3, 0.4) is 0 Å². The number of aromatic hydroxyl groups is 1. The first-order valence-electron chi connectivity index (χ1n) is 14.0. The highest BCUT2D eigenvalue weighted by Gasteiger charge is 2.29. The van der Waals surface area contributed by atoms with E-state index < -0.39 is 36.4 Å². The van der Waals surface area contributed by atoms with Crippen molar-refractivity contribution in [3.63, 3.8) is 0 Å². The van der Waals surface area contributed by atoms with E-state index in [0.29, 0.717) is 22.6 Å². The normalized spacial score (nSPS) is 22.5. The van der Waals surface area contributed by atoms with Crippen molar-refractivity contribution in [2.75, 3.05) is 7.11 Å². The van der Waals surface area contributed by atoms with Crippen LogP contribution >= 0.6 is 0 Å². The van der Waals surface area contributed by atoms with Crippen molar-refractivity contribution in [1.82, 2.24) is 0 Å². The van der Waals surface area contributed by atoms with Gasteiger partial charge in [-0.3, -0.25) is 0 Å². The molecule has 0 aliphatic carbocycles. The van der Waals surface area contributed by atoms with Crippen molar-refractivity contribution in [1.29, 1.82) is 0 Å². The standard InChI is InChI=1S/C34H36O9/c1-21-12-17-30(43-33(38)24-8-5-4-6-9-24)32(37)28(35)11-7-10-25-18-27(19-29(36)31(25)34(39)42-22(21)2)41-20-23-13-15-26(40-3)16-14-23/h4-10,12-19,21-22,28,30,32,35-37H,11,20H2,1-3H3/t21-,22+,28+,30?,32+/m1/s1. The van der Waals surface area contributed by atoms with Crippen LogP contribution in [0.25, 0.3) is 6.08 Å². The van der Waals surface area contributed by atoms with Gasteiger partial charge in [-0.05, 0) is 60.9 Å². The van der Waals surface area contributed by atoms with Crippen LogP contribution < -0.4 is 9.47 Å². The van der Waals surface area contributed by atoms with Gasteiger partial charge in [0.15, 0.2) is 0 Å². The highest BCUT2D eigenvalue weighted by atomic mass is 16.6. The van der Waals surface area contributed by atoms with Crippen LogP contribution in [-0.4, -0.2) is 58.8 Å². The van der Waals surface area contributed by atoms with E-state index in [1.807, 2.05) is 24.3 Å². The smallest absolute Gasteiger partial charge is 0.342 e. The molecular formula is C34H36O9. The van der Waals surface area contributed by atoms with E-state index >= 15 is 0 Å². The first-order chi connectivity index (χ1) is 20.7. The molecule has 1 heterocycles. The summed E-state index contributed by atoms with van der Waals surface area (Å²) in [6.07, 6.45) is 1.58. The van der Waals surface area contributed by atoms with Crippen LogP contribution in [0.5, 0.6) is 17.2 Å². The number of carbonyl (C=O) groups excluding carboxylic acids is 2. The maximum absolute atomic E-state index is 13.2. The van der Waals surface area contributed by atoms with E-state index in [-0.39, 0.29) is 30.3 Å². The molecule has 3 aromatic carbocycles. The molecule has 0 saturated carbocycles. The molecule has 0 radical (unpaired) electrons. The molecule has 0 aromatic heterocycles. The average Bonchev–Trinajstić information content (AvgIpc) is 3.01. The van der Waals surface area contributed by atoms with Crippen molar-refractivity contribution >= 4 is 18.0 Å². The number of ether oxygens (including phenoxy) is 4. The number of rotatable bonds is 6. The third-order valence-corrected chi connectivity index (χ3v) is 7.19. The van der Waals surface area contributed by atoms with E-state index in [1.165, 1.54) is 18.2 Å². The molecule has 0 saturated heterocycles. The van der Waals surface area contributed by atoms with Crippen molar-refractivity contribution < 1.29 is 43.9 Å². The average molecular weight is 589 g/mol. The minimum Gasteiger partial charge on any atom is -0.507 e. The Bertz CT molecular complexity index is 1450. The molecule has 0 spiro atoms. The fraction of sp³-hybridized carbons (Fsp3) is 0.294. The molecule has 0 bridgehead atoms. The predicted molar refractivity (Wildman–Crippen MR) is 160 cm³/mol. The molecule has 5 atom stereocenters. The van der Waals surface area contributed by atoms with Crippen LogP contribution in [0, 0.1) is 5.92 Å². The van der Waals surface area contributed by atoms with E-state index in [0.717, 1.165) is 5.56 Å². The van der Waals surface area contributed by atoms with Gasteiger partial charge < -0.3 is 34.3 Å². The minimum atomic E-state index is -1.45. The molecule has 1 aliphatic rings. The lowest BCUT2D eigenvalue weighted by atomic mass is 9.98. The highest BCUT2D eigenvalue weighted by molar-refractivity contribution is 5.97. The van der Waals surface area contributed by atoms with Crippen molar-refractivity contribution in [3.05, 3.63) is 107 Å². The largest absolute Gasteiger partial charge is 0.507 e. The number of aliphatic hydroxyl groups excluding tert-OH is 2. The highest BCUT2D eigenvalue weighted by Crippen LogP contribution is 2.32. The zero-order valence-corrected chi connectivity index (χ0v) is 24.3. The van der Waals surface area contributed by atoms with Gasteiger partial charge in [0.1, 0.15) is 47.7 Å². The number of methoxy groups -OCH3 is 1. The van der Waals surface area contributed by atoms with Crippen molar-refractivity contribution in [3.8, 4) is 17.2 Å². The second kappa shape index (κ2) is 14.5. The fourth-order valence-corrected chi connectivity index (χ4v) is 4.41. The van der Waals surface area contributed by atoms with Crippen LogP contribution in [0.2, 0.25) is 0 Å². The number of fused-ring (bicyclic) bond motifs is 1. The third kappa shape index (κ3) is 8.24. The first kappa shape index (κ1) is 31.3. The van der Waals surface area contributed by atoms with E-state index in [9.17, 15) is 24.9 Å². The number of aliphatic hydroxyl groups is 2. The topological polar surface area (TPSA) is 132 Å². The van der Waals surface area contributed by atoms with Gasteiger partial charge in [-0.2, -0.15) is 0 Å². The summed E-state index contributed by atoms with van der Waals surface area (Å²) in [5.41, 5.74) is 1.41. The van der Waals surface area contributed by atoms with Gasteiger partial charge in [0, 0.05) is 12.0 Å². The lowest BCUT2D eigenvalue weighted by Crippen LogP contribution is -2.39. The molecule has 226 valence electrons. The van der Waals surface area contributed by atoms with Crippen molar-refractivity contribution in [2.24, 2.45) is 5.92 Å². The second-order valence-corrected chi connectivity index (χ2v) is 10.3. The number of phenolic OH excluding ortho intramolecular Hbond substituents is 1. The molecule has 3 N–H and O–H groups in total. The van der Waals surface area contributed by atoms with Gasteiger partial charge in [0.25, 0.3) is 0 Å². The summed E-state index contributed by atoms with van der Waals surface area (Å²) in [5.74, 6) is -1.07. The van der Waals surface area contributed by atoms with Crippen LogP contribution in [0.15, 0.2) is 85.0 Å². The number of benzene rings is 3. The molecule has 0 amide bonds. The fourth-order valence-electron chi connectivity index (χ4n) is 4.41. The van der Waals surface area contributed by atoms with Gasteiger partial charge in [0.2, 0.25) is 0 Å². The number of cyclic esters (lactones) is 1. The molecule has 3 aromatic rings. The summed E-state index contributed by atoms with van der Waals surface area (Å²) in [6.45, 7) is 3.68. The summed E-state index contributed by atoms with van der Waals surface area (Å²) in [4.78, 5) is 26.0. The summed E-state index contributed by atoms with van der Waals surface area (Å²) in [5, 5.41) is 32.6. The Morgan fingerprint density at radius 2 is 1.70 bits per heavy atom. The summed E-state index contributed by atoms with van der Waals surface area (Å²) in [7, 11) is 1.58. The first-order valence-corrected chi connectivity index (χ1v) is 14.0. The monoisotopic (exact) mass is 588 g/mol. The third-order valence-electron chi connectivity index (χ3n) is 7.19. The zero-order chi connectivity index (χ0) is 30.9. The van der Waals surface area contributed by atoms with Crippen LogP contribution in [-0.2, 0) is 16.1 Å². The van der Waals surface area contributed by atoms with Crippen molar-refractivity contribution in [2.45, 2.75) is 51.3 Å². The van der Waals surface area contributed by atoms with Gasteiger partial charge in [-0.25, -0.2) is 9.59 Å². The van der Waals surface area contributed by atoms with Gasteiger partial charge in [0.05, 0.1) is 18.8 Å². The maximum Gasteiger partial charge on any atom is 0.342 e. The molecule has 9 heteroatoms. The Kier molecular flexibility index (Phi) is 10.6. The number of hydrogen-bond acceptors (Lipinski definition) is 9. The SMILES string of the molecule is COc1ccc(COc2cc(O)c3c(c2)C=CC[C@H](O)[C@H](O)C(OC(=O)c2ccccc2)C=C[C@@H](C)[C@H](C)OC3=O)cc1. The van der Waals surface area contributed by atoms with E-state index in [4.69, 9.17) is 18.9 Å². The Morgan fingerprint density at radius 1 is 0.977 bits per heavy atom. The van der Waals surface area contributed by atoms with Gasteiger partial charge >= 0.3 is 11.9 Å². The number of hydrogen-bond donors (Lipinski definition) is 3. The molecular weight excluding hydrogens is 552 g/mol. The van der Waals surface area contributed by atoms with Crippen LogP contribution in [0.1, 0.15) is 52.1 Å². The number of phenols is 1. The predicted octanol–water partition coefficient (Wildman–Crippen LogP) is 5.08. The summed E-state index contributed by atoms with van der Waals surface area (Å²) >= 11 is 0. The minimum absolute atomic E-state index is 0.0491. The van der Waals surface area contributed by atoms with Gasteiger partial charge in [-0.15, -0.1) is 0 Å². The Labute approximate surface area is 250 Å². The van der Waals surface area contributed by atoms with E-state index in [2.05, 4.69) is 0 Å². The molecule has 4 rings (SSSR count). The molecule has 0 fully saturated rings. The summed E-state index contributed by atoms with van der Waals surface area (Å²) < 4.78 is 22.3. The maximum atomic E-state index is 13.2. The Morgan fingerprint density at radius 3 is 2.40 bits per heavy atom. The molecule has 1 unspecified atom stereocenters. The molecule has 43 heavy (non-hydrogen) atoms. The van der Waals surface area contributed by atoms with E-state index in [1.54, 1.807) is 69.5 Å². The molecule has 1 aliphatic heterocycles. The quantitative estimate of drug-likeness (QED) is 0.266. The lowest BCUT2D eigenvalue weighted by Gasteiger charge is -2.25. The number of esters is 2. The Hall–Kier alpha value is -4.60. The summed E-state index contributed by atoms with van der Waals surface area (Å²) in [6, 6.07) is 18.6. The lowest BCUT2D eigenvalue weighted by molar-refractivity contribution is -0.0521. The number of carbonyl (C=O) groups is 2.